The van der Waals surface area contributed by atoms with Crippen molar-refractivity contribution in [2.24, 2.45) is 5.92 Å². The van der Waals surface area contributed by atoms with Gasteiger partial charge in [-0.1, -0.05) is 18.7 Å². The Morgan fingerprint density at radius 2 is 2.00 bits per heavy atom. The van der Waals surface area contributed by atoms with E-state index in [-0.39, 0.29) is 11.3 Å². The molecule has 2 rings (SSSR count). The van der Waals surface area contributed by atoms with Crippen LogP contribution in [0.3, 0.4) is 0 Å². The summed E-state index contributed by atoms with van der Waals surface area (Å²) in [6.07, 6.45) is 4.25. The molecule has 0 radical (unpaired) electrons. The van der Waals surface area contributed by atoms with Gasteiger partial charge in [-0.3, -0.25) is 4.55 Å². The Kier molecular flexibility index (Phi) is 5.85. The van der Waals surface area contributed by atoms with Crippen LogP contribution in [0.2, 0.25) is 0 Å². The summed E-state index contributed by atoms with van der Waals surface area (Å²) in [7, 11) is -5.80. The molecule has 1 aliphatic heterocycles. The predicted octanol–water partition coefficient (Wildman–Crippen LogP) is 1.05. The first kappa shape index (κ1) is 21.4. The highest BCUT2D eigenvalue weighted by molar-refractivity contribution is 7.86. The van der Waals surface area contributed by atoms with Gasteiger partial charge in [-0.15, -0.1) is 0 Å². The molecule has 0 aromatic rings. The number of hydrogen-bond donors (Lipinski definition) is 1. The van der Waals surface area contributed by atoms with Crippen molar-refractivity contribution in [3.05, 3.63) is 47.8 Å². The van der Waals surface area contributed by atoms with Crippen LogP contribution in [0.4, 0.5) is 8.78 Å². The molecule has 0 fully saturated rings. The summed E-state index contributed by atoms with van der Waals surface area (Å²) < 4.78 is 69.7. The number of allylic oxidation sites excluding steroid dienone is 1. The molecule has 1 aliphatic carbocycles. The standard InChI is InChI=1S/C16H14F2O9S/c1-8(2)13(19)26-10-4-3-9-5-11(15(21)27-12(9)6-10)14(20)25-7-16(17,18)28(22,23)24/h3-6,9,12H,1,7H2,2H3,(H,22,23,24). The summed E-state index contributed by atoms with van der Waals surface area (Å²) >= 11 is 0. The molecule has 28 heavy (non-hydrogen) atoms. The largest absolute Gasteiger partial charge is 0.454 e. The molecule has 2 unspecified atom stereocenters. The van der Waals surface area contributed by atoms with E-state index in [2.05, 4.69) is 11.3 Å². The summed E-state index contributed by atoms with van der Waals surface area (Å²) in [5, 5.41) is -4.74. The lowest BCUT2D eigenvalue weighted by Gasteiger charge is -2.28. The lowest BCUT2D eigenvalue weighted by Crippen LogP contribution is -2.37. The predicted molar refractivity (Wildman–Crippen MR) is 87.0 cm³/mol. The third-order valence-electron chi connectivity index (χ3n) is 3.54. The van der Waals surface area contributed by atoms with Crippen molar-refractivity contribution in [1.29, 1.82) is 0 Å². The first-order chi connectivity index (χ1) is 12.8. The second-order valence-corrected chi connectivity index (χ2v) is 7.36. The third kappa shape index (κ3) is 4.70. The maximum atomic E-state index is 13.1. The number of fused-ring (bicyclic) bond motifs is 1. The molecule has 0 saturated heterocycles. The number of ether oxygens (including phenoxy) is 3. The molecule has 2 atom stereocenters. The number of hydrogen-bond acceptors (Lipinski definition) is 8. The van der Waals surface area contributed by atoms with E-state index in [0.717, 1.165) is 6.08 Å². The van der Waals surface area contributed by atoms with Crippen molar-refractivity contribution in [2.45, 2.75) is 18.3 Å². The minimum Gasteiger partial charge on any atom is -0.454 e. The first-order valence-electron chi connectivity index (χ1n) is 7.54. The summed E-state index contributed by atoms with van der Waals surface area (Å²) in [6, 6.07) is 0. The Bertz CT molecular complexity index is 928. The summed E-state index contributed by atoms with van der Waals surface area (Å²) in [6.45, 7) is 2.86. The second-order valence-electron chi connectivity index (χ2n) is 5.81. The molecule has 0 bridgehead atoms. The molecule has 0 aromatic heterocycles. The third-order valence-corrected chi connectivity index (χ3v) is 4.41. The molecule has 12 heteroatoms. The molecular formula is C16H14F2O9S. The van der Waals surface area contributed by atoms with E-state index in [9.17, 15) is 31.6 Å². The summed E-state index contributed by atoms with van der Waals surface area (Å²) in [5.41, 5.74) is -0.587. The Hall–Kier alpha value is -2.86. The highest BCUT2D eigenvalue weighted by Crippen LogP contribution is 2.29. The van der Waals surface area contributed by atoms with Crippen LogP contribution in [0.1, 0.15) is 6.92 Å². The normalized spacial score (nSPS) is 21.6. The van der Waals surface area contributed by atoms with E-state index in [1.54, 1.807) is 0 Å². The molecule has 152 valence electrons. The molecule has 1 N–H and O–H groups in total. The average Bonchev–Trinajstić information content (AvgIpc) is 2.58. The minimum atomic E-state index is -5.80. The zero-order chi connectivity index (χ0) is 21.3. The fourth-order valence-corrected chi connectivity index (χ4v) is 2.28. The monoisotopic (exact) mass is 420 g/mol. The number of esters is 3. The number of rotatable bonds is 6. The van der Waals surface area contributed by atoms with Crippen molar-refractivity contribution in [3.63, 3.8) is 0 Å². The van der Waals surface area contributed by atoms with E-state index in [1.165, 1.54) is 25.2 Å². The topological polar surface area (TPSA) is 133 Å². The van der Waals surface area contributed by atoms with Crippen LogP contribution in [0.25, 0.3) is 0 Å². The zero-order valence-corrected chi connectivity index (χ0v) is 15.1. The van der Waals surface area contributed by atoms with Crippen LogP contribution in [0, 0.1) is 5.92 Å². The van der Waals surface area contributed by atoms with Crippen molar-refractivity contribution in [1.82, 2.24) is 0 Å². The van der Waals surface area contributed by atoms with E-state index in [0.29, 0.717) is 0 Å². The van der Waals surface area contributed by atoms with Crippen LogP contribution in [0.15, 0.2) is 47.8 Å². The molecule has 1 heterocycles. The number of alkyl halides is 2. The van der Waals surface area contributed by atoms with Gasteiger partial charge in [0.25, 0.3) is 0 Å². The van der Waals surface area contributed by atoms with Gasteiger partial charge >= 0.3 is 33.3 Å². The Balaban J connectivity index is 2.10. The van der Waals surface area contributed by atoms with Gasteiger partial charge in [-0.25, -0.2) is 14.4 Å². The van der Waals surface area contributed by atoms with Crippen LogP contribution in [-0.2, 0) is 38.7 Å². The van der Waals surface area contributed by atoms with Crippen LogP contribution < -0.4 is 0 Å². The molecule has 9 nitrogen and oxygen atoms in total. The van der Waals surface area contributed by atoms with Crippen molar-refractivity contribution < 1.29 is 50.3 Å². The number of carbonyl (C=O) groups excluding carboxylic acids is 3. The highest BCUT2D eigenvalue weighted by atomic mass is 32.2. The summed E-state index contributed by atoms with van der Waals surface area (Å²) in [5.74, 6) is -4.07. The van der Waals surface area contributed by atoms with Gasteiger partial charge in [0.2, 0.25) is 0 Å². The van der Waals surface area contributed by atoms with Crippen molar-refractivity contribution >= 4 is 28.0 Å². The minimum absolute atomic E-state index is 0.0780. The highest BCUT2D eigenvalue weighted by Gasteiger charge is 2.46. The molecular weight excluding hydrogens is 406 g/mol. The van der Waals surface area contributed by atoms with E-state index in [1.807, 2.05) is 0 Å². The van der Waals surface area contributed by atoms with Gasteiger partial charge in [0, 0.05) is 11.5 Å². The average molecular weight is 420 g/mol. The lowest BCUT2D eigenvalue weighted by atomic mass is 9.92. The maximum Gasteiger partial charge on any atom is 0.402 e. The Morgan fingerprint density at radius 1 is 1.36 bits per heavy atom. The molecule has 0 saturated carbocycles. The van der Waals surface area contributed by atoms with Crippen LogP contribution in [-0.4, -0.2) is 48.8 Å². The molecule has 0 spiro atoms. The van der Waals surface area contributed by atoms with Crippen molar-refractivity contribution in [3.8, 4) is 0 Å². The molecule has 0 aromatic carbocycles. The number of carbonyl (C=O) groups is 3. The van der Waals surface area contributed by atoms with E-state index >= 15 is 0 Å². The Labute approximate surface area is 157 Å². The lowest BCUT2D eigenvalue weighted by molar-refractivity contribution is -0.153. The Morgan fingerprint density at radius 3 is 2.57 bits per heavy atom. The van der Waals surface area contributed by atoms with E-state index in [4.69, 9.17) is 14.0 Å². The molecule has 0 amide bonds. The van der Waals surface area contributed by atoms with Gasteiger partial charge in [-0.2, -0.15) is 17.2 Å². The van der Waals surface area contributed by atoms with Crippen LogP contribution in [0.5, 0.6) is 0 Å². The fraction of sp³-hybridized carbons (Fsp3) is 0.312. The zero-order valence-electron chi connectivity index (χ0n) is 14.3. The SMILES string of the molecule is C=C(C)C(=O)OC1=CC2OC(=O)C(C(=O)OCC(F)(F)S(=O)(=O)O)=CC2C=C1. The summed E-state index contributed by atoms with van der Waals surface area (Å²) in [4.78, 5) is 35.3. The van der Waals surface area contributed by atoms with Crippen LogP contribution >= 0.6 is 0 Å². The maximum absolute atomic E-state index is 13.1. The van der Waals surface area contributed by atoms with Gasteiger partial charge in [0.1, 0.15) is 17.4 Å². The second kappa shape index (κ2) is 7.64. The van der Waals surface area contributed by atoms with Gasteiger partial charge in [-0.05, 0) is 19.1 Å². The van der Waals surface area contributed by atoms with Gasteiger partial charge in [0.15, 0.2) is 6.61 Å². The fourth-order valence-electron chi connectivity index (χ4n) is 2.07. The van der Waals surface area contributed by atoms with E-state index < -0.39 is 57.5 Å². The van der Waals surface area contributed by atoms with Crippen molar-refractivity contribution in [2.75, 3.05) is 6.61 Å². The molecule has 2 aliphatic rings. The first-order valence-corrected chi connectivity index (χ1v) is 8.98. The van der Waals surface area contributed by atoms with Gasteiger partial charge in [0.05, 0.1) is 0 Å². The quantitative estimate of drug-likeness (QED) is 0.220. The smallest absolute Gasteiger partial charge is 0.402 e. The number of halogens is 2. The van der Waals surface area contributed by atoms with Gasteiger partial charge < -0.3 is 14.2 Å².